The summed E-state index contributed by atoms with van der Waals surface area (Å²) in [5, 5.41) is 10.5. The van der Waals surface area contributed by atoms with Crippen LogP contribution in [0.25, 0.3) is 0 Å². The zero-order chi connectivity index (χ0) is 19.3. The first-order valence-electron chi connectivity index (χ1n) is 8.29. The molecule has 0 spiro atoms. The number of esters is 1. The van der Waals surface area contributed by atoms with Crippen LogP contribution in [0.3, 0.4) is 0 Å². The molecule has 1 aromatic rings. The summed E-state index contributed by atoms with van der Waals surface area (Å²) < 4.78 is 10.5. The number of phenolic OH excluding ortho intramolecular Hbond substituents is 1. The number of hydrogen-bond donors (Lipinski definition) is 2. The number of carbonyl (C=O) groups excluding carboxylic acids is 1. The van der Waals surface area contributed by atoms with Gasteiger partial charge in [-0.15, -0.1) is 4.99 Å². The monoisotopic (exact) mass is 367 g/mol. The Hall–Kier alpha value is -2.13. The summed E-state index contributed by atoms with van der Waals surface area (Å²) in [5.74, 6) is -0.0574. The summed E-state index contributed by atoms with van der Waals surface area (Å²) in [4.78, 5) is 26.4. The zero-order valence-electron chi connectivity index (χ0n) is 15.7. The molecule has 0 atom stereocenters. The van der Waals surface area contributed by atoms with Gasteiger partial charge in [-0.2, -0.15) is 0 Å². The number of fused-ring (bicyclic) bond motifs is 1. The quantitative estimate of drug-likeness (QED) is 0.226. The van der Waals surface area contributed by atoms with Crippen LogP contribution in [0.2, 0.25) is 0 Å². The summed E-state index contributed by atoms with van der Waals surface area (Å²) in [5.41, 5.74) is 5.34. The number of nitrogens with one attached hydrogen (secondary N) is 1. The average molecular weight is 367 g/mol. The molecule has 0 radical (unpaired) electrons. The van der Waals surface area contributed by atoms with Crippen molar-refractivity contribution in [3.8, 4) is 11.5 Å². The minimum Gasteiger partial charge on any atom is -0.507 e. The Morgan fingerprint density at radius 3 is 2.81 bits per heavy atom. The summed E-state index contributed by atoms with van der Waals surface area (Å²) in [6.45, 7) is 7.75. The molecular formula is C18H25NO7. The number of cyclic esters (lactones) is 1. The van der Waals surface area contributed by atoms with Crippen molar-refractivity contribution in [3.05, 3.63) is 33.9 Å². The van der Waals surface area contributed by atoms with Crippen LogP contribution >= 0.6 is 0 Å². The van der Waals surface area contributed by atoms with Gasteiger partial charge in [0, 0.05) is 11.1 Å². The molecule has 1 aliphatic rings. The van der Waals surface area contributed by atoms with Crippen LogP contribution in [0.1, 0.15) is 47.8 Å². The van der Waals surface area contributed by atoms with E-state index >= 15 is 0 Å². The molecule has 144 valence electrons. The molecular weight excluding hydrogens is 342 g/mol. The molecule has 0 aliphatic carbocycles. The molecule has 0 amide bonds. The van der Waals surface area contributed by atoms with Crippen molar-refractivity contribution >= 4 is 5.97 Å². The van der Waals surface area contributed by atoms with E-state index in [0.717, 1.165) is 11.1 Å². The number of allylic oxidation sites excluding steroid dienone is 1. The lowest BCUT2D eigenvalue weighted by Crippen LogP contribution is -2.19. The number of benzene rings is 1. The van der Waals surface area contributed by atoms with Crippen molar-refractivity contribution in [3.63, 3.8) is 0 Å². The Morgan fingerprint density at radius 1 is 1.42 bits per heavy atom. The lowest BCUT2D eigenvalue weighted by atomic mass is 9.95. The normalized spacial score (nSPS) is 13.9. The second-order valence-electron chi connectivity index (χ2n) is 6.27. The van der Waals surface area contributed by atoms with Gasteiger partial charge in [-0.1, -0.05) is 6.08 Å². The van der Waals surface area contributed by atoms with Gasteiger partial charge < -0.3 is 14.6 Å². The Bertz CT molecular complexity index is 698. The Kier molecular flexibility index (Phi) is 6.98. The van der Waals surface area contributed by atoms with Crippen LogP contribution in [-0.4, -0.2) is 30.9 Å². The third kappa shape index (κ3) is 4.53. The van der Waals surface area contributed by atoms with E-state index in [1.54, 1.807) is 0 Å². The van der Waals surface area contributed by atoms with E-state index in [4.69, 9.17) is 19.2 Å². The molecule has 0 fully saturated rings. The van der Waals surface area contributed by atoms with Gasteiger partial charge in [-0.3, -0.25) is 4.84 Å². The molecule has 1 aliphatic heterocycles. The fraction of sp³-hybridized carbons (Fsp3) is 0.500. The third-order valence-electron chi connectivity index (χ3n) is 3.94. The van der Waals surface area contributed by atoms with Crippen molar-refractivity contribution in [2.24, 2.45) is 0 Å². The lowest BCUT2D eigenvalue weighted by molar-refractivity contribution is -0.413. The molecule has 8 heteroatoms. The number of carbonyl (C=O) groups is 1. The maximum absolute atomic E-state index is 11.9. The van der Waals surface area contributed by atoms with Crippen LogP contribution in [0.5, 0.6) is 11.5 Å². The highest BCUT2D eigenvalue weighted by atomic mass is 17.3. The van der Waals surface area contributed by atoms with E-state index in [9.17, 15) is 9.90 Å². The van der Waals surface area contributed by atoms with Gasteiger partial charge in [0.25, 0.3) is 0 Å². The molecule has 8 nitrogen and oxygen atoms in total. The van der Waals surface area contributed by atoms with E-state index < -0.39 is 5.97 Å². The first kappa shape index (κ1) is 20.2. The van der Waals surface area contributed by atoms with E-state index in [2.05, 4.69) is 10.6 Å². The molecule has 0 unspecified atom stereocenters. The van der Waals surface area contributed by atoms with Gasteiger partial charge in [0.05, 0.1) is 19.8 Å². The number of rotatable bonds is 9. The van der Waals surface area contributed by atoms with Gasteiger partial charge in [0.15, 0.2) is 0 Å². The summed E-state index contributed by atoms with van der Waals surface area (Å²) >= 11 is 0. The van der Waals surface area contributed by atoms with Gasteiger partial charge in [0.1, 0.15) is 23.7 Å². The first-order chi connectivity index (χ1) is 12.4. The van der Waals surface area contributed by atoms with Crippen molar-refractivity contribution in [2.75, 3.05) is 13.7 Å². The van der Waals surface area contributed by atoms with E-state index in [1.807, 2.05) is 33.8 Å². The minimum absolute atomic E-state index is 0.0899. The van der Waals surface area contributed by atoms with E-state index in [-0.39, 0.29) is 30.6 Å². The van der Waals surface area contributed by atoms with Crippen LogP contribution in [-0.2, 0) is 32.5 Å². The molecule has 0 saturated heterocycles. The largest absolute Gasteiger partial charge is 0.507 e. The van der Waals surface area contributed by atoms with Crippen LogP contribution in [0.15, 0.2) is 11.6 Å². The summed E-state index contributed by atoms with van der Waals surface area (Å²) in [6.07, 6.45) is 2.15. The maximum atomic E-state index is 11.9. The topological polar surface area (TPSA) is 95.5 Å². The summed E-state index contributed by atoms with van der Waals surface area (Å²) in [6, 6.07) is 0. The number of methoxy groups -OCH3 is 1. The molecule has 1 aromatic carbocycles. The average Bonchev–Trinajstić information content (AvgIpc) is 2.98. The molecule has 0 bridgehead atoms. The Morgan fingerprint density at radius 2 is 2.15 bits per heavy atom. The van der Waals surface area contributed by atoms with Crippen LogP contribution in [0, 0.1) is 6.92 Å². The van der Waals surface area contributed by atoms with Gasteiger partial charge in [0.2, 0.25) is 0 Å². The predicted octanol–water partition coefficient (Wildman–Crippen LogP) is 2.66. The molecule has 26 heavy (non-hydrogen) atoms. The van der Waals surface area contributed by atoms with Crippen molar-refractivity contribution < 1.29 is 34.1 Å². The van der Waals surface area contributed by atoms with Crippen LogP contribution in [0.4, 0.5) is 0 Å². The predicted molar refractivity (Wildman–Crippen MR) is 92.4 cm³/mol. The van der Waals surface area contributed by atoms with E-state index in [1.165, 1.54) is 7.11 Å². The third-order valence-corrected chi connectivity index (χ3v) is 3.94. The van der Waals surface area contributed by atoms with Crippen molar-refractivity contribution in [1.29, 1.82) is 0 Å². The second-order valence-corrected chi connectivity index (χ2v) is 6.27. The van der Waals surface area contributed by atoms with Crippen molar-refractivity contribution in [1.82, 2.24) is 5.64 Å². The van der Waals surface area contributed by atoms with Crippen molar-refractivity contribution in [2.45, 2.75) is 46.8 Å². The lowest BCUT2D eigenvalue weighted by Gasteiger charge is -2.15. The smallest absolute Gasteiger partial charge is 0.342 e. The highest BCUT2D eigenvalue weighted by Crippen LogP contribution is 2.41. The fourth-order valence-corrected chi connectivity index (χ4v) is 2.65. The molecule has 0 aromatic heterocycles. The highest BCUT2D eigenvalue weighted by molar-refractivity contribution is 5.98. The van der Waals surface area contributed by atoms with Gasteiger partial charge >= 0.3 is 5.97 Å². The SMILES string of the molecule is COc1c(C)c2c(c(O)c1C/C=C(\C)CONOOC(C)C)C(=O)OC2. The molecule has 1 heterocycles. The molecule has 2 rings (SSSR count). The van der Waals surface area contributed by atoms with Gasteiger partial charge in [-0.25, -0.2) is 9.68 Å². The zero-order valence-corrected chi connectivity index (χ0v) is 15.7. The second kappa shape index (κ2) is 9.00. The number of phenols is 1. The van der Waals surface area contributed by atoms with Gasteiger partial charge in [-0.05, 0) is 50.9 Å². The highest BCUT2D eigenvalue weighted by Gasteiger charge is 2.31. The number of aromatic hydroxyl groups is 1. The molecule has 0 saturated carbocycles. The Balaban J connectivity index is 2.08. The summed E-state index contributed by atoms with van der Waals surface area (Å²) in [7, 11) is 1.53. The first-order valence-corrected chi connectivity index (χ1v) is 8.29. The Labute approximate surface area is 152 Å². The molecule has 2 N–H and O–H groups in total. The van der Waals surface area contributed by atoms with E-state index in [0.29, 0.717) is 23.3 Å². The number of ether oxygens (including phenoxy) is 2. The fourth-order valence-electron chi connectivity index (χ4n) is 2.65. The maximum Gasteiger partial charge on any atom is 0.342 e. The number of hydrogen-bond acceptors (Lipinski definition) is 8. The van der Waals surface area contributed by atoms with Crippen LogP contribution < -0.4 is 10.4 Å². The standard InChI is InChI=1S/C18H25NO7/c1-10(2)25-26-19-24-8-11(3)6-7-13-16(20)15-14(9-23-18(15)21)12(4)17(13)22-5/h6,10,19-20H,7-9H2,1-5H3/b11-6+. The minimum atomic E-state index is -0.514.